The van der Waals surface area contributed by atoms with Crippen LogP contribution in [0.5, 0.6) is 0 Å². The second-order valence-corrected chi connectivity index (χ2v) is 11.0. The van der Waals surface area contributed by atoms with Crippen LogP contribution in [0.1, 0.15) is 51.8 Å². The number of carbonyl (C=O) groups is 1. The molecule has 44 heavy (non-hydrogen) atoms. The fraction of sp³-hybridized carbons (Fsp3) is 0.167. The number of hydrogen-bond donors (Lipinski definition) is 3. The van der Waals surface area contributed by atoms with E-state index in [0.717, 1.165) is 46.3 Å². The molecule has 1 amide bonds. The Kier molecular flexibility index (Phi) is 7.46. The number of nitrogens with zero attached hydrogens (tertiary/aromatic N) is 4. The lowest BCUT2D eigenvalue weighted by atomic mass is 10.0. The number of para-hydroxylation sites is 2. The minimum Gasteiger partial charge on any atom is -0.361 e. The maximum atomic E-state index is 13.5. The van der Waals surface area contributed by atoms with Crippen molar-refractivity contribution in [2.24, 2.45) is 0 Å². The van der Waals surface area contributed by atoms with Crippen LogP contribution < -0.4 is 5.32 Å². The number of fused-ring (bicyclic) bond motifs is 2. The van der Waals surface area contributed by atoms with Crippen LogP contribution in [0.15, 0.2) is 110 Å². The number of amides is 1. The van der Waals surface area contributed by atoms with Crippen molar-refractivity contribution in [3.05, 3.63) is 144 Å². The monoisotopic (exact) mass is 579 g/mol. The molecular weight excluding hydrogens is 546 g/mol. The Labute approximate surface area is 255 Å². The zero-order chi connectivity index (χ0) is 29.9. The highest BCUT2D eigenvalue weighted by molar-refractivity contribution is 5.92. The minimum atomic E-state index is -0.469. The van der Waals surface area contributed by atoms with E-state index in [9.17, 15) is 4.79 Å². The molecule has 0 fully saturated rings. The quantitative estimate of drug-likeness (QED) is 0.168. The minimum absolute atomic E-state index is 0.258. The van der Waals surface area contributed by atoms with Crippen molar-refractivity contribution in [3.8, 4) is 5.69 Å². The third-order valence-electron chi connectivity index (χ3n) is 8.26. The Bertz CT molecular complexity index is 2040. The lowest BCUT2D eigenvalue weighted by Crippen LogP contribution is -2.32. The standard InChI is InChI=1S/C36H33N7O/c1-2-24-14-17-27(18-15-24)43-34(19-16-25-22-38-30-11-5-3-9-28(25)30)41-42-35(43)33(40-36(44)32-13-7-8-20-37-32)21-26-23-39-31-12-6-4-10-29(26)31/h3-15,17-18,20,22-23,33,38-39H,2,16,19,21H2,1H3,(H,40,44)/t33-/m1/s1. The van der Waals surface area contributed by atoms with Gasteiger partial charge in [0.2, 0.25) is 0 Å². The molecule has 0 radical (unpaired) electrons. The molecule has 0 unspecified atom stereocenters. The van der Waals surface area contributed by atoms with E-state index in [1.807, 2.05) is 30.5 Å². The lowest BCUT2D eigenvalue weighted by Gasteiger charge is -2.20. The van der Waals surface area contributed by atoms with Crippen LogP contribution in [0.2, 0.25) is 0 Å². The number of H-pyrrole nitrogens is 2. The molecule has 0 saturated carbocycles. The van der Waals surface area contributed by atoms with E-state index in [4.69, 9.17) is 10.2 Å². The molecule has 3 aromatic carbocycles. The van der Waals surface area contributed by atoms with Crippen LogP contribution in [0.25, 0.3) is 27.5 Å². The van der Waals surface area contributed by atoms with Gasteiger partial charge < -0.3 is 15.3 Å². The zero-order valence-electron chi connectivity index (χ0n) is 24.5. The summed E-state index contributed by atoms with van der Waals surface area (Å²) in [7, 11) is 0. The van der Waals surface area contributed by atoms with Crippen molar-refractivity contribution in [3.63, 3.8) is 0 Å². The largest absolute Gasteiger partial charge is 0.361 e. The second kappa shape index (κ2) is 12.0. The number of aromatic amines is 2. The molecule has 0 aliphatic carbocycles. The van der Waals surface area contributed by atoms with Gasteiger partial charge in [0, 0.05) is 58.9 Å². The molecule has 1 atom stereocenters. The highest BCUT2D eigenvalue weighted by atomic mass is 16.2. The van der Waals surface area contributed by atoms with Crippen molar-refractivity contribution in [1.82, 2.24) is 35.0 Å². The third-order valence-corrected chi connectivity index (χ3v) is 8.26. The fourth-order valence-corrected chi connectivity index (χ4v) is 5.92. The lowest BCUT2D eigenvalue weighted by molar-refractivity contribution is 0.0929. The van der Waals surface area contributed by atoms with Crippen molar-refractivity contribution in [2.75, 3.05) is 0 Å². The number of carbonyl (C=O) groups excluding carboxylic acids is 1. The highest BCUT2D eigenvalue weighted by Crippen LogP contribution is 2.28. The van der Waals surface area contributed by atoms with E-state index in [2.05, 4.69) is 92.6 Å². The van der Waals surface area contributed by atoms with Crippen molar-refractivity contribution in [1.29, 1.82) is 0 Å². The number of benzene rings is 3. The first-order chi connectivity index (χ1) is 21.7. The van der Waals surface area contributed by atoms with Gasteiger partial charge in [0.1, 0.15) is 11.5 Å². The Balaban J connectivity index is 1.30. The summed E-state index contributed by atoms with van der Waals surface area (Å²) in [6.45, 7) is 2.15. The normalized spacial score (nSPS) is 12.1. The summed E-state index contributed by atoms with van der Waals surface area (Å²) in [6.07, 6.45) is 8.67. The van der Waals surface area contributed by atoms with Gasteiger partial charge in [-0.2, -0.15) is 0 Å². The molecule has 3 N–H and O–H groups in total. The van der Waals surface area contributed by atoms with E-state index in [-0.39, 0.29) is 5.91 Å². The number of pyridine rings is 1. The zero-order valence-corrected chi connectivity index (χ0v) is 24.5. The van der Waals surface area contributed by atoms with E-state index >= 15 is 0 Å². The summed E-state index contributed by atoms with van der Waals surface area (Å²) in [5, 5.41) is 15.1. The number of nitrogens with one attached hydrogen (secondary N) is 3. The predicted molar refractivity (Wildman–Crippen MR) is 173 cm³/mol. The maximum Gasteiger partial charge on any atom is 0.270 e. The summed E-state index contributed by atoms with van der Waals surface area (Å²) in [4.78, 5) is 24.6. The first-order valence-corrected chi connectivity index (χ1v) is 15.0. The molecule has 0 bridgehead atoms. The number of aryl methyl sites for hydroxylation is 3. The van der Waals surface area contributed by atoms with Gasteiger partial charge >= 0.3 is 0 Å². The summed E-state index contributed by atoms with van der Waals surface area (Å²) < 4.78 is 2.12. The fourth-order valence-electron chi connectivity index (χ4n) is 5.92. The Morgan fingerprint density at radius 3 is 2.18 bits per heavy atom. The van der Waals surface area contributed by atoms with Gasteiger partial charge in [-0.15, -0.1) is 10.2 Å². The predicted octanol–water partition coefficient (Wildman–Crippen LogP) is 6.69. The molecule has 0 spiro atoms. The van der Waals surface area contributed by atoms with E-state index in [0.29, 0.717) is 24.4 Å². The average Bonchev–Trinajstić information content (AvgIpc) is 3.81. The highest BCUT2D eigenvalue weighted by Gasteiger charge is 2.26. The molecule has 8 heteroatoms. The Hall–Kier alpha value is -5.50. The van der Waals surface area contributed by atoms with E-state index < -0.39 is 6.04 Å². The smallest absolute Gasteiger partial charge is 0.270 e. The SMILES string of the molecule is CCc1ccc(-n2c(CCc3c[nH]c4ccccc34)nnc2[C@@H](Cc2c[nH]c3ccccc23)NC(=O)c2ccccn2)cc1. The molecule has 218 valence electrons. The summed E-state index contributed by atoms with van der Waals surface area (Å²) in [5.74, 6) is 1.26. The molecule has 0 aliphatic heterocycles. The average molecular weight is 580 g/mol. The molecule has 7 aromatic rings. The summed E-state index contributed by atoms with van der Waals surface area (Å²) in [5.41, 5.74) is 7.06. The molecule has 4 aromatic heterocycles. The molecule has 4 heterocycles. The van der Waals surface area contributed by atoms with Crippen molar-refractivity contribution >= 4 is 27.7 Å². The number of hydrogen-bond acceptors (Lipinski definition) is 4. The van der Waals surface area contributed by atoms with Gasteiger partial charge in [-0.3, -0.25) is 14.3 Å². The topological polar surface area (TPSA) is 104 Å². The number of rotatable bonds is 10. The van der Waals surface area contributed by atoms with Crippen LogP contribution in [0.4, 0.5) is 0 Å². The van der Waals surface area contributed by atoms with E-state index in [1.165, 1.54) is 16.5 Å². The van der Waals surface area contributed by atoms with Crippen LogP contribution >= 0.6 is 0 Å². The van der Waals surface area contributed by atoms with Crippen molar-refractivity contribution in [2.45, 2.75) is 38.6 Å². The van der Waals surface area contributed by atoms with Gasteiger partial charge in [0.15, 0.2) is 5.82 Å². The Morgan fingerprint density at radius 2 is 1.48 bits per heavy atom. The van der Waals surface area contributed by atoms with E-state index in [1.54, 1.807) is 18.3 Å². The number of aromatic nitrogens is 6. The van der Waals surface area contributed by atoms with Gasteiger partial charge in [-0.25, -0.2) is 0 Å². The van der Waals surface area contributed by atoms with Gasteiger partial charge in [0.05, 0.1) is 6.04 Å². The molecular formula is C36H33N7O. The molecule has 8 nitrogen and oxygen atoms in total. The molecule has 0 aliphatic rings. The Morgan fingerprint density at radius 1 is 0.795 bits per heavy atom. The van der Waals surface area contributed by atoms with Gasteiger partial charge in [-0.1, -0.05) is 61.5 Å². The first-order valence-electron chi connectivity index (χ1n) is 15.0. The maximum absolute atomic E-state index is 13.5. The van der Waals surface area contributed by atoms with Crippen LogP contribution in [-0.2, 0) is 25.7 Å². The van der Waals surface area contributed by atoms with Crippen molar-refractivity contribution < 1.29 is 4.79 Å². The van der Waals surface area contributed by atoms with Crippen LogP contribution in [0.3, 0.4) is 0 Å². The molecule has 0 saturated heterocycles. The molecule has 7 rings (SSSR count). The third kappa shape index (κ3) is 5.38. The second-order valence-electron chi connectivity index (χ2n) is 11.0. The summed E-state index contributed by atoms with van der Waals surface area (Å²) in [6, 6.07) is 29.9. The van der Waals surface area contributed by atoms with Gasteiger partial charge in [-0.05, 0) is 65.9 Å². The van der Waals surface area contributed by atoms with Crippen LogP contribution in [0, 0.1) is 0 Å². The van der Waals surface area contributed by atoms with Gasteiger partial charge in [0.25, 0.3) is 5.91 Å². The summed E-state index contributed by atoms with van der Waals surface area (Å²) >= 11 is 0. The first kappa shape index (κ1) is 27.3. The van der Waals surface area contributed by atoms with Crippen LogP contribution in [-0.4, -0.2) is 35.6 Å².